The summed E-state index contributed by atoms with van der Waals surface area (Å²) in [6, 6.07) is 3.40. The Morgan fingerprint density at radius 3 is 2.73 bits per heavy atom. The largest absolute Gasteiger partial charge is 0.383 e. The highest BCUT2D eigenvalue weighted by Crippen LogP contribution is 2.29. The van der Waals surface area contributed by atoms with Crippen molar-refractivity contribution < 1.29 is 14.3 Å². The van der Waals surface area contributed by atoms with Crippen LogP contribution in [0.3, 0.4) is 0 Å². The fourth-order valence-corrected chi connectivity index (χ4v) is 3.65. The summed E-state index contributed by atoms with van der Waals surface area (Å²) in [5.41, 5.74) is 0.422. The van der Waals surface area contributed by atoms with Gasteiger partial charge in [0.2, 0.25) is 5.91 Å². The summed E-state index contributed by atoms with van der Waals surface area (Å²) in [6.07, 6.45) is 2.97. The van der Waals surface area contributed by atoms with Gasteiger partial charge in [0.05, 0.1) is 23.7 Å². The molecular formula is C17H20ClN5O3. The average Bonchev–Trinajstić information content (AvgIpc) is 2.94. The van der Waals surface area contributed by atoms with Gasteiger partial charge in [-0.2, -0.15) is 5.26 Å². The Kier molecular flexibility index (Phi) is 5.59. The predicted molar refractivity (Wildman–Crippen MR) is 94.9 cm³/mol. The lowest BCUT2D eigenvalue weighted by atomic mass is 10.0. The molecule has 0 aliphatic carbocycles. The van der Waals surface area contributed by atoms with Crippen molar-refractivity contribution in [2.75, 3.05) is 44.8 Å². The highest BCUT2D eigenvalue weighted by molar-refractivity contribution is 6.33. The van der Waals surface area contributed by atoms with E-state index in [0.717, 1.165) is 12.8 Å². The van der Waals surface area contributed by atoms with Crippen LogP contribution in [0.4, 0.5) is 10.6 Å². The number of carbonyl (C=O) groups excluding carboxylic acids is 2. The number of imide groups is 1. The molecule has 2 fully saturated rings. The molecule has 9 heteroatoms. The van der Waals surface area contributed by atoms with Crippen LogP contribution in [0.2, 0.25) is 5.02 Å². The number of piperidine rings is 1. The number of methoxy groups -OCH3 is 1. The number of pyridine rings is 1. The van der Waals surface area contributed by atoms with E-state index in [2.05, 4.69) is 4.98 Å². The zero-order chi connectivity index (χ0) is 18.7. The molecule has 2 aliphatic rings. The molecule has 1 aromatic rings. The maximum absolute atomic E-state index is 12.5. The minimum Gasteiger partial charge on any atom is -0.383 e. The van der Waals surface area contributed by atoms with Crippen molar-refractivity contribution in [2.24, 2.45) is 0 Å². The Morgan fingerprint density at radius 1 is 1.38 bits per heavy atom. The van der Waals surface area contributed by atoms with E-state index >= 15 is 0 Å². The van der Waals surface area contributed by atoms with E-state index < -0.39 is 0 Å². The summed E-state index contributed by atoms with van der Waals surface area (Å²) in [6.45, 7) is 2.11. The lowest BCUT2D eigenvalue weighted by Gasteiger charge is -2.37. The lowest BCUT2D eigenvalue weighted by Crippen LogP contribution is -2.47. The Balaban J connectivity index is 1.61. The van der Waals surface area contributed by atoms with Crippen molar-refractivity contribution in [2.45, 2.75) is 18.9 Å². The van der Waals surface area contributed by atoms with Crippen LogP contribution in [0.25, 0.3) is 0 Å². The first-order valence-corrected chi connectivity index (χ1v) is 8.83. The number of hydrogen-bond acceptors (Lipinski definition) is 6. The van der Waals surface area contributed by atoms with E-state index in [1.807, 2.05) is 11.0 Å². The van der Waals surface area contributed by atoms with E-state index in [4.69, 9.17) is 21.6 Å². The summed E-state index contributed by atoms with van der Waals surface area (Å²) < 4.78 is 4.96. The molecule has 0 saturated carbocycles. The first kappa shape index (κ1) is 18.4. The third kappa shape index (κ3) is 3.59. The molecule has 1 aromatic heterocycles. The van der Waals surface area contributed by atoms with Gasteiger partial charge in [-0.3, -0.25) is 9.69 Å². The summed E-state index contributed by atoms with van der Waals surface area (Å²) in [4.78, 5) is 33.8. The number of carbonyl (C=O) groups is 2. The minimum atomic E-state index is -0.236. The number of urea groups is 1. The molecule has 0 radical (unpaired) electrons. The van der Waals surface area contributed by atoms with E-state index in [-0.39, 0.29) is 31.1 Å². The molecule has 0 bridgehead atoms. The Bertz CT molecular complexity index is 742. The molecule has 0 spiro atoms. The quantitative estimate of drug-likeness (QED) is 0.722. The van der Waals surface area contributed by atoms with Gasteiger partial charge in [0.1, 0.15) is 18.4 Å². The number of anilines is 1. The van der Waals surface area contributed by atoms with Crippen LogP contribution in [0.15, 0.2) is 12.3 Å². The second kappa shape index (κ2) is 7.89. The van der Waals surface area contributed by atoms with Crippen LogP contribution in [0, 0.1) is 11.3 Å². The molecule has 0 atom stereocenters. The Morgan fingerprint density at radius 2 is 2.12 bits per heavy atom. The third-order valence-corrected chi connectivity index (χ3v) is 5.04. The average molecular weight is 378 g/mol. The van der Waals surface area contributed by atoms with Crippen LogP contribution in [0.5, 0.6) is 0 Å². The number of nitriles is 1. The van der Waals surface area contributed by atoms with E-state index in [1.165, 1.54) is 11.1 Å². The minimum absolute atomic E-state index is 0.0207. The highest BCUT2D eigenvalue weighted by Gasteiger charge is 2.40. The van der Waals surface area contributed by atoms with Gasteiger partial charge in [-0.15, -0.1) is 0 Å². The maximum atomic E-state index is 12.5. The molecule has 2 aliphatic heterocycles. The summed E-state index contributed by atoms with van der Waals surface area (Å²) in [5, 5.41) is 9.35. The fourth-order valence-electron chi connectivity index (χ4n) is 3.36. The van der Waals surface area contributed by atoms with Crippen molar-refractivity contribution in [3.63, 3.8) is 0 Å². The molecule has 3 heterocycles. The van der Waals surface area contributed by atoms with Gasteiger partial charge in [0.25, 0.3) is 0 Å². The predicted octanol–water partition coefficient (Wildman–Crippen LogP) is 1.49. The van der Waals surface area contributed by atoms with E-state index in [9.17, 15) is 9.59 Å². The second-order valence-electron chi connectivity index (χ2n) is 6.31. The SMILES string of the molecule is COCCN1C(=O)CN(C2CCN(c3ncc(C#N)cc3Cl)CC2)C1=O. The number of aromatic nitrogens is 1. The van der Waals surface area contributed by atoms with Gasteiger partial charge in [-0.1, -0.05) is 11.6 Å². The van der Waals surface area contributed by atoms with Crippen LogP contribution < -0.4 is 4.90 Å². The van der Waals surface area contributed by atoms with Gasteiger partial charge in [0, 0.05) is 32.4 Å². The van der Waals surface area contributed by atoms with Crippen molar-refractivity contribution in [3.05, 3.63) is 22.8 Å². The molecule has 8 nitrogen and oxygen atoms in total. The standard InChI is InChI=1S/C17H20ClN5O3/c1-26-7-6-22-15(24)11-23(17(22)25)13-2-4-21(5-3-13)16-14(18)8-12(9-19)10-20-16/h8,10,13H,2-7,11H2,1H3. The van der Waals surface area contributed by atoms with Crippen LogP contribution in [0.1, 0.15) is 18.4 Å². The molecule has 138 valence electrons. The van der Waals surface area contributed by atoms with Gasteiger partial charge >= 0.3 is 6.03 Å². The van der Waals surface area contributed by atoms with Gasteiger partial charge in [-0.05, 0) is 18.9 Å². The maximum Gasteiger partial charge on any atom is 0.327 e. The molecule has 3 amide bonds. The first-order valence-electron chi connectivity index (χ1n) is 8.45. The van der Waals surface area contributed by atoms with E-state index in [0.29, 0.717) is 36.1 Å². The third-order valence-electron chi connectivity index (χ3n) is 4.76. The molecule has 0 aromatic carbocycles. The summed E-state index contributed by atoms with van der Waals surface area (Å²) in [5.74, 6) is 0.473. The molecule has 0 N–H and O–H groups in total. The zero-order valence-electron chi connectivity index (χ0n) is 14.5. The first-order chi connectivity index (χ1) is 12.5. The summed E-state index contributed by atoms with van der Waals surface area (Å²) >= 11 is 6.23. The van der Waals surface area contributed by atoms with Crippen LogP contribution >= 0.6 is 11.6 Å². The number of halogens is 1. The van der Waals surface area contributed by atoms with Crippen molar-refractivity contribution in [1.29, 1.82) is 5.26 Å². The van der Waals surface area contributed by atoms with Crippen molar-refractivity contribution in [3.8, 4) is 6.07 Å². The Hall–Kier alpha value is -2.37. The topological polar surface area (TPSA) is 89.8 Å². The van der Waals surface area contributed by atoms with Crippen molar-refractivity contribution in [1.82, 2.24) is 14.8 Å². The number of rotatable bonds is 5. The number of nitrogens with zero attached hydrogens (tertiary/aromatic N) is 5. The molecule has 3 rings (SSSR count). The van der Waals surface area contributed by atoms with Crippen molar-refractivity contribution >= 4 is 29.4 Å². The molecule has 26 heavy (non-hydrogen) atoms. The number of hydrogen-bond donors (Lipinski definition) is 0. The van der Waals surface area contributed by atoms with Gasteiger partial charge < -0.3 is 14.5 Å². The van der Waals surface area contributed by atoms with E-state index in [1.54, 1.807) is 18.1 Å². The number of amides is 3. The fraction of sp³-hybridized carbons (Fsp3) is 0.529. The molecular weight excluding hydrogens is 358 g/mol. The Labute approximate surface area is 156 Å². The number of ether oxygens (including phenoxy) is 1. The van der Waals surface area contributed by atoms with Crippen LogP contribution in [-0.2, 0) is 9.53 Å². The summed E-state index contributed by atoms with van der Waals surface area (Å²) in [7, 11) is 1.54. The smallest absolute Gasteiger partial charge is 0.327 e. The monoisotopic (exact) mass is 377 g/mol. The van der Waals surface area contributed by atoms with Gasteiger partial charge in [0.15, 0.2) is 0 Å². The normalized spacial score (nSPS) is 18.6. The highest BCUT2D eigenvalue weighted by atomic mass is 35.5. The zero-order valence-corrected chi connectivity index (χ0v) is 15.3. The molecule has 0 unspecified atom stereocenters. The lowest BCUT2D eigenvalue weighted by molar-refractivity contribution is -0.125. The second-order valence-corrected chi connectivity index (χ2v) is 6.72. The molecule has 2 saturated heterocycles. The van der Waals surface area contributed by atoms with Crippen LogP contribution in [-0.4, -0.2) is 72.7 Å². The van der Waals surface area contributed by atoms with Gasteiger partial charge in [-0.25, -0.2) is 9.78 Å².